The Morgan fingerprint density at radius 2 is 2.15 bits per heavy atom. The van der Waals surface area contributed by atoms with Crippen LogP contribution in [0.3, 0.4) is 0 Å². The first-order valence-electron chi connectivity index (χ1n) is 5.55. The first-order chi connectivity index (χ1) is 9.40. The molecule has 7 heteroatoms. The molecule has 2 rings (SSSR count). The Hall–Kier alpha value is -0.920. The van der Waals surface area contributed by atoms with Crippen molar-refractivity contribution < 1.29 is 14.3 Å². The van der Waals surface area contributed by atoms with Crippen LogP contribution in [0.1, 0.15) is 15.9 Å². The third kappa shape index (κ3) is 3.21. The van der Waals surface area contributed by atoms with Crippen LogP contribution < -0.4 is 4.90 Å². The number of carboxylic acid groups (broad SMARTS) is 1. The van der Waals surface area contributed by atoms with Crippen LogP contribution in [0.15, 0.2) is 31.8 Å². The lowest BCUT2D eigenvalue weighted by Gasteiger charge is -2.20. The fraction of sp³-hybridized carbons (Fsp3) is 0.154. The Balaban J connectivity index is 2.28. The highest BCUT2D eigenvalue weighted by Crippen LogP contribution is 2.30. The predicted molar refractivity (Wildman–Crippen MR) is 85.2 cm³/mol. The van der Waals surface area contributed by atoms with E-state index in [4.69, 9.17) is 5.11 Å². The van der Waals surface area contributed by atoms with E-state index in [1.807, 2.05) is 11.4 Å². The molecule has 1 aromatic heterocycles. The lowest BCUT2D eigenvalue weighted by atomic mass is 10.2. The summed E-state index contributed by atoms with van der Waals surface area (Å²) in [5, 5.41) is 10.9. The van der Waals surface area contributed by atoms with E-state index in [1.54, 1.807) is 23.3 Å². The van der Waals surface area contributed by atoms with Crippen LogP contribution >= 0.6 is 43.2 Å². The van der Waals surface area contributed by atoms with Crippen molar-refractivity contribution in [1.29, 1.82) is 0 Å². The number of benzene rings is 1. The number of carboxylic acids is 1. The van der Waals surface area contributed by atoms with Crippen LogP contribution in [0.5, 0.6) is 0 Å². The van der Waals surface area contributed by atoms with Gasteiger partial charge >= 0.3 is 5.97 Å². The largest absolute Gasteiger partial charge is 0.478 e. The zero-order chi connectivity index (χ0) is 14.9. The normalized spacial score (nSPS) is 10.6. The van der Waals surface area contributed by atoms with E-state index in [1.165, 1.54) is 12.1 Å². The number of anilines is 1. The van der Waals surface area contributed by atoms with Gasteiger partial charge in [-0.25, -0.2) is 9.18 Å². The molecule has 0 aliphatic carbocycles. The minimum atomic E-state index is -1.16. The fourth-order valence-electron chi connectivity index (χ4n) is 1.79. The number of hydrogen-bond donors (Lipinski definition) is 1. The Kier molecular flexibility index (Phi) is 4.82. The van der Waals surface area contributed by atoms with Crippen molar-refractivity contribution in [3.8, 4) is 0 Å². The Labute approximate surface area is 136 Å². The number of halogens is 3. The predicted octanol–water partition coefficient (Wildman–Crippen LogP) is 4.75. The summed E-state index contributed by atoms with van der Waals surface area (Å²) in [5.74, 6) is -1.73. The van der Waals surface area contributed by atoms with Crippen LogP contribution in [0.2, 0.25) is 0 Å². The summed E-state index contributed by atoms with van der Waals surface area (Å²) < 4.78 is 15.2. The second kappa shape index (κ2) is 6.24. The van der Waals surface area contributed by atoms with E-state index in [0.29, 0.717) is 12.2 Å². The zero-order valence-corrected chi connectivity index (χ0v) is 14.3. The maximum atomic E-state index is 14.2. The highest BCUT2D eigenvalue weighted by Gasteiger charge is 2.18. The molecule has 1 heterocycles. The summed E-state index contributed by atoms with van der Waals surface area (Å²) >= 11 is 7.95. The summed E-state index contributed by atoms with van der Waals surface area (Å²) in [4.78, 5) is 12.7. The summed E-state index contributed by atoms with van der Waals surface area (Å²) in [6.07, 6.45) is 0. The number of carbonyl (C=O) groups is 1. The van der Waals surface area contributed by atoms with Gasteiger partial charge in [-0.2, -0.15) is 0 Å². The average Bonchev–Trinajstić information content (AvgIpc) is 2.77. The third-order valence-electron chi connectivity index (χ3n) is 2.75. The molecule has 1 aromatic carbocycles. The van der Waals surface area contributed by atoms with Crippen molar-refractivity contribution in [1.82, 2.24) is 0 Å². The Morgan fingerprint density at radius 1 is 1.45 bits per heavy atom. The molecule has 0 bridgehead atoms. The van der Waals surface area contributed by atoms with Gasteiger partial charge in [0.05, 0.1) is 19.5 Å². The van der Waals surface area contributed by atoms with Gasteiger partial charge in [0.2, 0.25) is 0 Å². The number of nitrogens with zero attached hydrogens (tertiary/aromatic N) is 1. The molecule has 0 fully saturated rings. The van der Waals surface area contributed by atoms with Crippen LogP contribution in [-0.2, 0) is 6.54 Å². The minimum absolute atomic E-state index is 0.0270. The molecule has 0 radical (unpaired) electrons. The van der Waals surface area contributed by atoms with Crippen LogP contribution in [0.4, 0.5) is 10.1 Å². The molecule has 0 unspecified atom stereocenters. The number of hydrogen-bond acceptors (Lipinski definition) is 3. The molecule has 0 spiro atoms. The average molecular weight is 423 g/mol. The van der Waals surface area contributed by atoms with Crippen molar-refractivity contribution >= 4 is 54.9 Å². The van der Waals surface area contributed by atoms with E-state index in [9.17, 15) is 9.18 Å². The molecule has 0 aliphatic heterocycles. The minimum Gasteiger partial charge on any atom is -0.478 e. The van der Waals surface area contributed by atoms with Crippen molar-refractivity contribution in [2.24, 2.45) is 0 Å². The lowest BCUT2D eigenvalue weighted by molar-refractivity contribution is 0.0695. The molecule has 2 aromatic rings. The highest BCUT2D eigenvalue weighted by molar-refractivity contribution is 9.11. The van der Waals surface area contributed by atoms with Crippen LogP contribution in [0, 0.1) is 5.82 Å². The molecular weight excluding hydrogens is 413 g/mol. The zero-order valence-electron chi connectivity index (χ0n) is 10.4. The van der Waals surface area contributed by atoms with Crippen molar-refractivity contribution in [2.45, 2.75) is 6.54 Å². The van der Waals surface area contributed by atoms with Gasteiger partial charge < -0.3 is 10.0 Å². The van der Waals surface area contributed by atoms with Gasteiger partial charge in [0, 0.05) is 13.6 Å². The molecule has 0 amide bonds. The molecule has 0 saturated carbocycles. The number of thiophene rings is 1. The summed E-state index contributed by atoms with van der Waals surface area (Å²) in [6.45, 7) is 0.540. The van der Waals surface area contributed by atoms with Gasteiger partial charge in [0.15, 0.2) is 5.82 Å². The monoisotopic (exact) mass is 421 g/mol. The molecule has 0 atom stereocenters. The highest BCUT2D eigenvalue weighted by atomic mass is 79.9. The van der Waals surface area contributed by atoms with Crippen molar-refractivity contribution in [3.05, 3.63) is 48.8 Å². The van der Waals surface area contributed by atoms with E-state index in [0.717, 1.165) is 9.35 Å². The summed E-state index contributed by atoms with van der Waals surface area (Å²) in [6, 6.07) is 4.84. The summed E-state index contributed by atoms with van der Waals surface area (Å²) in [5.41, 5.74) is 1.32. The number of aromatic carboxylic acids is 1. The fourth-order valence-corrected chi connectivity index (χ4v) is 3.49. The number of rotatable bonds is 4. The maximum absolute atomic E-state index is 14.2. The molecule has 20 heavy (non-hydrogen) atoms. The third-order valence-corrected chi connectivity index (χ3v) is 5.07. The van der Waals surface area contributed by atoms with Gasteiger partial charge in [-0.1, -0.05) is 0 Å². The van der Waals surface area contributed by atoms with Gasteiger partial charge in [-0.3, -0.25) is 0 Å². The van der Waals surface area contributed by atoms with Gasteiger partial charge in [0.25, 0.3) is 0 Å². The first kappa shape index (κ1) is 15.5. The van der Waals surface area contributed by atoms with Crippen molar-refractivity contribution in [3.63, 3.8) is 0 Å². The van der Waals surface area contributed by atoms with E-state index in [2.05, 4.69) is 31.9 Å². The quantitative estimate of drug-likeness (QED) is 0.772. The molecule has 3 nitrogen and oxygen atoms in total. The van der Waals surface area contributed by atoms with Gasteiger partial charge in [-0.15, -0.1) is 11.3 Å². The topological polar surface area (TPSA) is 40.5 Å². The van der Waals surface area contributed by atoms with E-state index >= 15 is 0 Å². The Morgan fingerprint density at radius 3 is 2.70 bits per heavy atom. The van der Waals surface area contributed by atoms with Gasteiger partial charge in [-0.05, 0) is 61.0 Å². The lowest BCUT2D eigenvalue weighted by Crippen LogP contribution is -2.18. The van der Waals surface area contributed by atoms with Crippen molar-refractivity contribution in [2.75, 3.05) is 11.9 Å². The molecular formula is C13H10Br2FNO2S. The second-order valence-corrected chi connectivity index (χ2v) is 7.26. The second-order valence-electron chi connectivity index (χ2n) is 4.18. The van der Waals surface area contributed by atoms with E-state index < -0.39 is 11.8 Å². The molecule has 0 saturated heterocycles. The van der Waals surface area contributed by atoms with Crippen LogP contribution in [0.25, 0.3) is 0 Å². The molecule has 0 aliphatic rings. The maximum Gasteiger partial charge on any atom is 0.336 e. The smallest absolute Gasteiger partial charge is 0.336 e. The van der Waals surface area contributed by atoms with E-state index in [-0.39, 0.29) is 10.0 Å². The SMILES string of the molecule is CN(Cc1csc(Br)c1)c1ccc(C(=O)O)c(Br)c1F. The van der Waals surface area contributed by atoms with Crippen LogP contribution in [-0.4, -0.2) is 18.1 Å². The standard InChI is InChI=1S/C13H10Br2FNO2S/c1-17(5-7-4-10(14)20-6-7)9-3-2-8(13(18)19)11(15)12(9)16/h2-4,6H,5H2,1H3,(H,18,19). The van der Waals surface area contributed by atoms with Gasteiger partial charge in [0.1, 0.15) is 0 Å². The Bertz CT molecular complexity index is 660. The first-order valence-corrected chi connectivity index (χ1v) is 8.02. The molecule has 106 valence electrons. The molecule has 1 N–H and O–H groups in total. The summed E-state index contributed by atoms with van der Waals surface area (Å²) in [7, 11) is 1.76.